The third kappa shape index (κ3) is 9.52. The van der Waals surface area contributed by atoms with Gasteiger partial charge in [-0.3, -0.25) is 0 Å². The van der Waals surface area contributed by atoms with Gasteiger partial charge in [0.15, 0.2) is 0 Å². The number of hydrogen-bond acceptors (Lipinski definition) is 0. The van der Waals surface area contributed by atoms with E-state index >= 15 is 0 Å². The minimum absolute atomic E-state index is 0.584. The molecule has 0 aliphatic carbocycles. The molecule has 7 rings (SSSR count). The molecule has 2 radical (unpaired) electrons. The minimum atomic E-state index is -0.826. The summed E-state index contributed by atoms with van der Waals surface area (Å²) in [6, 6.07) is 52.2. The molecule has 7 aromatic carbocycles. The molecule has 0 N–H and O–H groups in total. The Hall–Kier alpha value is -3.00. The van der Waals surface area contributed by atoms with Crippen molar-refractivity contribution >= 4 is 48.1 Å². The SMILES string of the molecule is CC(C)c1cc2c(-c3ccccc3)cccc2[cH-]1.C[Si]C.Cc1cc2c(-c3ccccc3)cc(-c3ccccc3)cc2[cH-]1.[Cl][Zr+2][Cl]. The normalized spacial score (nSPS) is 10.3. The molecule has 0 amide bonds. The summed E-state index contributed by atoms with van der Waals surface area (Å²) >= 11 is -0.826. The predicted octanol–water partition coefficient (Wildman–Crippen LogP) is 13.7. The van der Waals surface area contributed by atoms with Gasteiger partial charge in [0, 0.05) is 9.52 Å². The van der Waals surface area contributed by atoms with E-state index < -0.39 is 20.8 Å². The van der Waals surface area contributed by atoms with Gasteiger partial charge in [-0.15, -0.1) is 63.0 Å². The van der Waals surface area contributed by atoms with Gasteiger partial charge >= 0.3 is 37.9 Å². The van der Waals surface area contributed by atoms with Gasteiger partial charge in [0.2, 0.25) is 0 Å². The topological polar surface area (TPSA) is 0 Å². The maximum atomic E-state index is 4.93. The predicted molar refractivity (Wildman–Crippen MR) is 203 cm³/mol. The van der Waals surface area contributed by atoms with Crippen molar-refractivity contribution in [2.24, 2.45) is 0 Å². The molecule has 0 aliphatic rings. The Labute approximate surface area is 296 Å². The molecular formula is C42H40Cl2SiZr. The molecule has 4 heteroatoms. The van der Waals surface area contributed by atoms with Crippen molar-refractivity contribution in [3.63, 3.8) is 0 Å². The second-order valence-electron chi connectivity index (χ2n) is 11.5. The molecule has 0 saturated carbocycles. The number of hydrogen-bond donors (Lipinski definition) is 0. The standard InChI is InChI=1S/C22H17.C18H17.C2H6Si.2ClH.Zr/c1-16-12-20-14-19(17-8-4-2-5-9-17)15-22(21(20)13-16)18-10-6-3-7-11-18;1-13(2)16-11-15-9-6-10-17(18(15)12-16)14-7-4-3-5-8-14;1-3-2;;;/h2-15H,1H3;3-13H,1-2H3;1-2H3;2*1H;/q2*-1;;;;+4/p-2. The van der Waals surface area contributed by atoms with Gasteiger partial charge in [-0.25, -0.2) is 0 Å². The Morgan fingerprint density at radius 2 is 1.04 bits per heavy atom. The molecule has 0 spiro atoms. The Bertz CT molecular complexity index is 1900. The fourth-order valence-corrected chi connectivity index (χ4v) is 5.59. The monoisotopic (exact) mass is 732 g/mol. The first-order valence-electron chi connectivity index (χ1n) is 15.5. The quantitative estimate of drug-likeness (QED) is 0.125. The first-order valence-corrected chi connectivity index (χ1v) is 23.8. The van der Waals surface area contributed by atoms with E-state index in [0.717, 1.165) is 9.52 Å². The second kappa shape index (κ2) is 18.4. The van der Waals surface area contributed by atoms with Crippen LogP contribution in [0.5, 0.6) is 0 Å². The Kier molecular flexibility index (Phi) is 14.3. The molecule has 0 bridgehead atoms. The molecule has 0 aromatic heterocycles. The number of halogens is 2. The van der Waals surface area contributed by atoms with Gasteiger partial charge in [0.05, 0.1) is 0 Å². The van der Waals surface area contributed by atoms with Crippen LogP contribution in [0.1, 0.15) is 30.9 Å². The van der Waals surface area contributed by atoms with Gasteiger partial charge < -0.3 is 0 Å². The third-order valence-corrected chi connectivity index (χ3v) is 7.68. The molecule has 7 aromatic rings. The van der Waals surface area contributed by atoms with Crippen molar-refractivity contribution in [2.45, 2.75) is 39.8 Å². The van der Waals surface area contributed by atoms with Crippen molar-refractivity contribution in [1.29, 1.82) is 0 Å². The van der Waals surface area contributed by atoms with Gasteiger partial charge in [0.1, 0.15) is 0 Å². The van der Waals surface area contributed by atoms with Gasteiger partial charge in [-0.2, -0.15) is 12.1 Å². The summed E-state index contributed by atoms with van der Waals surface area (Å²) in [5.74, 6) is 0.584. The summed E-state index contributed by atoms with van der Waals surface area (Å²) in [4.78, 5) is 0. The van der Waals surface area contributed by atoms with Crippen LogP contribution in [0.2, 0.25) is 13.1 Å². The second-order valence-corrected chi connectivity index (χ2v) is 16.2. The Morgan fingerprint density at radius 1 is 0.543 bits per heavy atom. The number of fused-ring (bicyclic) bond motifs is 2. The van der Waals surface area contributed by atoms with Crippen LogP contribution < -0.4 is 0 Å². The Morgan fingerprint density at radius 3 is 1.59 bits per heavy atom. The fraction of sp³-hybridized carbons (Fsp3) is 0.143. The van der Waals surface area contributed by atoms with E-state index in [-0.39, 0.29) is 0 Å². The van der Waals surface area contributed by atoms with Crippen LogP contribution in [-0.2, 0) is 20.8 Å². The zero-order valence-electron chi connectivity index (χ0n) is 27.2. The summed E-state index contributed by atoms with van der Waals surface area (Å²) in [5, 5.41) is 5.37. The summed E-state index contributed by atoms with van der Waals surface area (Å²) < 4.78 is 0. The molecule has 46 heavy (non-hydrogen) atoms. The molecule has 0 unspecified atom stereocenters. The van der Waals surface area contributed by atoms with Crippen LogP contribution in [0.15, 0.2) is 146 Å². The van der Waals surface area contributed by atoms with Crippen LogP contribution in [0.25, 0.3) is 54.9 Å². The van der Waals surface area contributed by atoms with Gasteiger partial charge in [-0.1, -0.05) is 154 Å². The van der Waals surface area contributed by atoms with E-state index in [4.69, 9.17) is 17.0 Å². The molecule has 0 saturated heterocycles. The van der Waals surface area contributed by atoms with Crippen molar-refractivity contribution in [2.75, 3.05) is 0 Å². The van der Waals surface area contributed by atoms with Crippen LogP contribution in [0.4, 0.5) is 0 Å². The van der Waals surface area contributed by atoms with Crippen molar-refractivity contribution in [3.05, 3.63) is 157 Å². The summed E-state index contributed by atoms with van der Waals surface area (Å²) in [5.41, 5.74) is 10.5. The van der Waals surface area contributed by atoms with Crippen LogP contribution in [0, 0.1) is 6.92 Å². The van der Waals surface area contributed by atoms with Crippen LogP contribution in [0.3, 0.4) is 0 Å². The zero-order valence-corrected chi connectivity index (χ0v) is 32.2. The van der Waals surface area contributed by atoms with E-state index in [9.17, 15) is 0 Å². The average Bonchev–Trinajstić information content (AvgIpc) is 3.70. The van der Waals surface area contributed by atoms with Gasteiger partial charge in [-0.05, 0) is 22.6 Å². The van der Waals surface area contributed by atoms with E-state index in [1.165, 1.54) is 66.1 Å². The fourth-order valence-electron chi connectivity index (χ4n) is 5.59. The summed E-state index contributed by atoms with van der Waals surface area (Å²) in [6.45, 7) is 11.0. The molecular weight excluding hydrogens is 695 g/mol. The van der Waals surface area contributed by atoms with Crippen molar-refractivity contribution < 1.29 is 20.8 Å². The van der Waals surface area contributed by atoms with E-state index in [0.29, 0.717) is 5.92 Å². The van der Waals surface area contributed by atoms with E-state index in [1.807, 2.05) is 0 Å². The third-order valence-electron chi connectivity index (χ3n) is 7.68. The molecule has 0 aliphatic heterocycles. The molecule has 0 heterocycles. The zero-order chi connectivity index (χ0) is 32.9. The van der Waals surface area contributed by atoms with Crippen LogP contribution >= 0.6 is 17.0 Å². The van der Waals surface area contributed by atoms with Crippen molar-refractivity contribution in [3.8, 4) is 33.4 Å². The molecule has 0 nitrogen and oxygen atoms in total. The number of aryl methyl sites for hydroxylation is 1. The molecule has 230 valence electrons. The number of rotatable bonds is 4. The first-order chi connectivity index (χ1) is 22.4. The number of benzene rings is 5. The average molecular weight is 735 g/mol. The summed E-state index contributed by atoms with van der Waals surface area (Å²) in [7, 11) is 11.0. The van der Waals surface area contributed by atoms with E-state index in [1.54, 1.807) is 0 Å². The first kappa shape index (κ1) is 35.8. The van der Waals surface area contributed by atoms with Crippen LogP contribution in [-0.4, -0.2) is 9.52 Å². The molecule has 0 fully saturated rings. The van der Waals surface area contributed by atoms with Gasteiger partial charge in [0.25, 0.3) is 0 Å². The summed E-state index contributed by atoms with van der Waals surface area (Å²) in [6.07, 6.45) is 0. The van der Waals surface area contributed by atoms with Crippen molar-refractivity contribution in [1.82, 2.24) is 0 Å². The van der Waals surface area contributed by atoms with E-state index in [2.05, 4.69) is 179 Å². The molecule has 0 atom stereocenters. The maximum absolute atomic E-state index is 4.93. The Balaban J connectivity index is 0.000000181.